The molecule has 2 amide bonds. The van der Waals surface area contributed by atoms with E-state index in [0.717, 1.165) is 42.8 Å². The van der Waals surface area contributed by atoms with Gasteiger partial charge in [0.05, 0.1) is 0 Å². The molecule has 6 heteroatoms. The SMILES string of the molecule is C=C1CCC(N2Cc3cc(O[C@H]4CCCC[C@@H]4NCCC)ccc3C2=O)C(=O)N1. The van der Waals surface area contributed by atoms with E-state index >= 15 is 0 Å². The summed E-state index contributed by atoms with van der Waals surface area (Å²) in [6, 6.07) is 5.69. The van der Waals surface area contributed by atoms with Crippen LogP contribution in [-0.2, 0) is 11.3 Å². The molecule has 2 heterocycles. The van der Waals surface area contributed by atoms with Crippen LogP contribution in [0.4, 0.5) is 0 Å². The van der Waals surface area contributed by atoms with Gasteiger partial charge in [0.1, 0.15) is 17.9 Å². The first-order valence-electron chi connectivity index (χ1n) is 10.9. The molecule has 1 saturated heterocycles. The Bertz CT molecular complexity index is 807. The number of nitrogens with one attached hydrogen (secondary N) is 2. The van der Waals surface area contributed by atoms with Gasteiger partial charge in [-0.3, -0.25) is 9.59 Å². The Balaban J connectivity index is 1.46. The van der Waals surface area contributed by atoms with Crippen LogP contribution in [0.5, 0.6) is 5.75 Å². The van der Waals surface area contributed by atoms with Gasteiger partial charge in [0.15, 0.2) is 0 Å². The van der Waals surface area contributed by atoms with Gasteiger partial charge in [-0.15, -0.1) is 0 Å². The van der Waals surface area contributed by atoms with Crippen LogP contribution in [0.3, 0.4) is 0 Å². The smallest absolute Gasteiger partial charge is 0.255 e. The van der Waals surface area contributed by atoms with Crippen molar-refractivity contribution in [2.24, 2.45) is 0 Å². The summed E-state index contributed by atoms with van der Waals surface area (Å²) in [7, 11) is 0. The Labute approximate surface area is 172 Å². The number of hydrogen-bond acceptors (Lipinski definition) is 4. The predicted octanol–water partition coefficient (Wildman–Crippen LogP) is 3.12. The molecule has 1 aliphatic carbocycles. The second-order valence-corrected chi connectivity index (χ2v) is 8.40. The van der Waals surface area contributed by atoms with E-state index in [4.69, 9.17) is 4.74 Å². The van der Waals surface area contributed by atoms with E-state index in [1.165, 1.54) is 12.8 Å². The van der Waals surface area contributed by atoms with Gasteiger partial charge < -0.3 is 20.3 Å². The first-order chi connectivity index (χ1) is 14.1. The van der Waals surface area contributed by atoms with Crippen molar-refractivity contribution < 1.29 is 14.3 Å². The second-order valence-electron chi connectivity index (χ2n) is 8.40. The zero-order valence-electron chi connectivity index (χ0n) is 17.2. The Morgan fingerprint density at radius 1 is 1.24 bits per heavy atom. The third kappa shape index (κ3) is 4.17. The topological polar surface area (TPSA) is 70.7 Å². The minimum atomic E-state index is -0.425. The van der Waals surface area contributed by atoms with Crippen LogP contribution < -0.4 is 15.4 Å². The number of ether oxygens (including phenoxy) is 1. The Morgan fingerprint density at radius 2 is 2.07 bits per heavy atom. The van der Waals surface area contributed by atoms with Gasteiger partial charge in [-0.05, 0) is 68.8 Å². The lowest BCUT2D eigenvalue weighted by atomic mass is 9.92. The number of piperidine rings is 1. The van der Waals surface area contributed by atoms with Gasteiger partial charge in [0.2, 0.25) is 5.91 Å². The summed E-state index contributed by atoms with van der Waals surface area (Å²) in [5.41, 5.74) is 2.35. The quantitative estimate of drug-likeness (QED) is 0.774. The second kappa shape index (κ2) is 8.57. The monoisotopic (exact) mass is 397 g/mol. The molecule has 2 N–H and O–H groups in total. The molecule has 29 heavy (non-hydrogen) atoms. The highest BCUT2D eigenvalue weighted by atomic mass is 16.5. The van der Waals surface area contributed by atoms with Crippen molar-refractivity contribution in [2.75, 3.05) is 6.54 Å². The van der Waals surface area contributed by atoms with Crippen molar-refractivity contribution in [3.8, 4) is 5.75 Å². The summed E-state index contributed by atoms with van der Waals surface area (Å²) in [4.78, 5) is 26.9. The number of carbonyl (C=O) groups is 2. The number of allylic oxidation sites excluding steroid dienone is 1. The number of carbonyl (C=O) groups excluding carboxylic acids is 2. The molecule has 6 nitrogen and oxygen atoms in total. The molecule has 156 valence electrons. The lowest BCUT2D eigenvalue weighted by molar-refractivity contribution is -0.126. The third-order valence-electron chi connectivity index (χ3n) is 6.25. The third-order valence-corrected chi connectivity index (χ3v) is 6.25. The van der Waals surface area contributed by atoms with Crippen LogP contribution >= 0.6 is 0 Å². The summed E-state index contributed by atoms with van der Waals surface area (Å²) in [6.45, 7) is 7.46. The number of fused-ring (bicyclic) bond motifs is 1. The van der Waals surface area contributed by atoms with Gasteiger partial charge >= 0.3 is 0 Å². The molecule has 0 aromatic heterocycles. The highest BCUT2D eigenvalue weighted by Crippen LogP contribution is 2.32. The molecule has 4 rings (SSSR count). The molecule has 1 aromatic rings. The summed E-state index contributed by atoms with van der Waals surface area (Å²) >= 11 is 0. The Morgan fingerprint density at radius 3 is 2.86 bits per heavy atom. The molecule has 3 atom stereocenters. The number of nitrogens with zero attached hydrogens (tertiary/aromatic N) is 1. The van der Waals surface area contributed by atoms with Crippen LogP contribution in [-0.4, -0.2) is 41.4 Å². The van der Waals surface area contributed by atoms with Crippen molar-refractivity contribution in [1.82, 2.24) is 15.5 Å². The number of rotatable bonds is 6. The lowest BCUT2D eigenvalue weighted by Crippen LogP contribution is -2.49. The van der Waals surface area contributed by atoms with Gasteiger partial charge in [-0.1, -0.05) is 19.9 Å². The van der Waals surface area contributed by atoms with Crippen molar-refractivity contribution >= 4 is 11.8 Å². The Kier molecular flexibility index (Phi) is 5.90. The average molecular weight is 398 g/mol. The number of hydrogen-bond donors (Lipinski definition) is 2. The molecular formula is C23H31N3O3. The molecule has 2 fully saturated rings. The van der Waals surface area contributed by atoms with Crippen molar-refractivity contribution in [3.63, 3.8) is 0 Å². The maximum Gasteiger partial charge on any atom is 0.255 e. The summed E-state index contributed by atoms with van der Waals surface area (Å²) in [5.74, 6) is 0.611. The van der Waals surface area contributed by atoms with Crippen LogP contribution in [0.15, 0.2) is 30.5 Å². The molecule has 2 aliphatic heterocycles. The molecule has 0 bridgehead atoms. The van der Waals surface area contributed by atoms with E-state index in [-0.39, 0.29) is 17.9 Å². The van der Waals surface area contributed by atoms with Gasteiger partial charge in [0.25, 0.3) is 5.91 Å². The standard InChI is InChI=1S/C23H31N3O3/c1-3-12-24-19-6-4-5-7-21(19)29-17-9-10-18-16(13-17)14-26(23(18)28)20-11-8-15(2)25-22(20)27/h9-10,13,19-21,24H,2-8,11-12,14H2,1H3,(H,25,27)/t19-,20?,21-/m0/s1. The Hall–Kier alpha value is -2.34. The highest BCUT2D eigenvalue weighted by Gasteiger charge is 2.38. The lowest BCUT2D eigenvalue weighted by Gasteiger charge is -2.32. The molecule has 0 radical (unpaired) electrons. The van der Waals surface area contributed by atoms with Crippen LogP contribution in [0, 0.1) is 0 Å². The van der Waals surface area contributed by atoms with Crippen LogP contribution in [0.25, 0.3) is 0 Å². The van der Waals surface area contributed by atoms with E-state index in [0.29, 0.717) is 31.0 Å². The molecule has 0 spiro atoms. The van der Waals surface area contributed by atoms with E-state index in [9.17, 15) is 9.59 Å². The first-order valence-corrected chi connectivity index (χ1v) is 10.9. The maximum atomic E-state index is 12.9. The van der Waals surface area contributed by atoms with Gasteiger partial charge in [-0.2, -0.15) is 0 Å². The minimum Gasteiger partial charge on any atom is -0.489 e. The molecule has 1 unspecified atom stereocenters. The molecular weight excluding hydrogens is 366 g/mol. The molecule has 1 aromatic carbocycles. The van der Waals surface area contributed by atoms with Crippen molar-refractivity contribution in [1.29, 1.82) is 0 Å². The van der Waals surface area contributed by atoms with Crippen LogP contribution in [0.2, 0.25) is 0 Å². The number of benzene rings is 1. The summed E-state index contributed by atoms with van der Waals surface area (Å²) in [6.07, 6.45) is 7.23. The molecule has 3 aliphatic rings. The largest absolute Gasteiger partial charge is 0.489 e. The average Bonchev–Trinajstić information content (AvgIpc) is 3.03. The van der Waals surface area contributed by atoms with Gasteiger partial charge in [0, 0.05) is 23.8 Å². The van der Waals surface area contributed by atoms with Crippen LogP contribution in [0.1, 0.15) is 67.8 Å². The van der Waals surface area contributed by atoms with E-state index in [1.54, 1.807) is 4.90 Å². The van der Waals surface area contributed by atoms with Crippen molar-refractivity contribution in [3.05, 3.63) is 41.6 Å². The normalized spacial score (nSPS) is 27.0. The fourth-order valence-corrected chi connectivity index (χ4v) is 4.68. The summed E-state index contributed by atoms with van der Waals surface area (Å²) < 4.78 is 6.36. The fraction of sp³-hybridized carbons (Fsp3) is 0.565. The van der Waals surface area contributed by atoms with Crippen molar-refractivity contribution in [2.45, 2.75) is 76.6 Å². The van der Waals surface area contributed by atoms with Gasteiger partial charge in [-0.25, -0.2) is 0 Å². The highest BCUT2D eigenvalue weighted by molar-refractivity contribution is 6.01. The molecule has 1 saturated carbocycles. The summed E-state index contributed by atoms with van der Waals surface area (Å²) in [5, 5.41) is 6.40. The zero-order valence-corrected chi connectivity index (χ0v) is 17.2. The zero-order chi connectivity index (χ0) is 20.4. The van der Waals surface area contributed by atoms with E-state index in [2.05, 4.69) is 24.1 Å². The minimum absolute atomic E-state index is 0.0700. The fourth-order valence-electron chi connectivity index (χ4n) is 4.68. The number of amides is 2. The predicted molar refractivity (Wildman–Crippen MR) is 112 cm³/mol. The maximum absolute atomic E-state index is 12.9. The van der Waals surface area contributed by atoms with E-state index < -0.39 is 6.04 Å². The van der Waals surface area contributed by atoms with E-state index in [1.807, 2.05) is 18.2 Å². The first kappa shape index (κ1) is 20.0.